The van der Waals surface area contributed by atoms with E-state index in [2.05, 4.69) is 9.88 Å². The van der Waals surface area contributed by atoms with E-state index in [1.54, 1.807) is 13.1 Å². The van der Waals surface area contributed by atoms with Gasteiger partial charge in [-0.1, -0.05) is 0 Å². The molecule has 1 aromatic rings. The highest BCUT2D eigenvalue weighted by Gasteiger charge is 2.16. The molecular formula is C14H20N2O2. The summed E-state index contributed by atoms with van der Waals surface area (Å²) in [6, 6.07) is 3.74. The van der Waals surface area contributed by atoms with Crippen LogP contribution >= 0.6 is 0 Å². The highest BCUT2D eigenvalue weighted by molar-refractivity contribution is 5.93. The van der Waals surface area contributed by atoms with Gasteiger partial charge < -0.3 is 9.64 Å². The minimum atomic E-state index is 0.0531. The number of ketones is 1. The minimum Gasteiger partial charge on any atom is -0.381 e. The molecule has 0 aromatic carbocycles. The second kappa shape index (κ2) is 5.96. The van der Waals surface area contributed by atoms with Gasteiger partial charge in [0.1, 0.15) is 5.82 Å². The predicted octanol–water partition coefficient (Wildman–Crippen LogP) is 2.15. The van der Waals surface area contributed by atoms with E-state index < -0.39 is 0 Å². The van der Waals surface area contributed by atoms with Gasteiger partial charge in [0, 0.05) is 32.0 Å². The van der Waals surface area contributed by atoms with Crippen LogP contribution in [0.3, 0.4) is 0 Å². The molecule has 0 radical (unpaired) electrons. The van der Waals surface area contributed by atoms with Crippen LogP contribution in [0.5, 0.6) is 0 Å². The zero-order valence-corrected chi connectivity index (χ0v) is 11.1. The molecular weight excluding hydrogens is 228 g/mol. The number of pyridine rings is 1. The van der Waals surface area contributed by atoms with E-state index in [4.69, 9.17) is 4.74 Å². The molecule has 1 aliphatic heterocycles. The molecule has 98 valence electrons. The van der Waals surface area contributed by atoms with Crippen molar-refractivity contribution >= 4 is 11.6 Å². The number of carbonyl (C=O) groups excluding carboxylic acids is 1. The van der Waals surface area contributed by atoms with E-state index in [-0.39, 0.29) is 5.78 Å². The molecule has 0 bridgehead atoms. The molecule has 2 heterocycles. The van der Waals surface area contributed by atoms with Crippen molar-refractivity contribution in [2.75, 3.05) is 31.7 Å². The molecule has 0 amide bonds. The Balaban J connectivity index is 1.95. The number of nitrogens with zero attached hydrogens (tertiary/aromatic N) is 2. The van der Waals surface area contributed by atoms with Crippen LogP contribution < -0.4 is 4.90 Å². The first-order valence-corrected chi connectivity index (χ1v) is 6.42. The molecule has 4 nitrogen and oxygen atoms in total. The summed E-state index contributed by atoms with van der Waals surface area (Å²) >= 11 is 0. The molecule has 0 spiro atoms. The van der Waals surface area contributed by atoms with Crippen LogP contribution in [0, 0.1) is 5.92 Å². The number of Topliss-reactive ketones (excluding diaryl/α,β-unsaturated/α-hetero) is 1. The van der Waals surface area contributed by atoms with Crippen LogP contribution in [0.1, 0.15) is 30.1 Å². The lowest BCUT2D eigenvalue weighted by Crippen LogP contribution is -2.31. The predicted molar refractivity (Wildman–Crippen MR) is 71.1 cm³/mol. The molecule has 0 N–H and O–H groups in total. The Morgan fingerprint density at radius 2 is 2.39 bits per heavy atom. The Labute approximate surface area is 108 Å². The lowest BCUT2D eigenvalue weighted by molar-refractivity contribution is 0.0576. The van der Waals surface area contributed by atoms with E-state index in [1.807, 2.05) is 19.2 Å². The van der Waals surface area contributed by atoms with Crippen molar-refractivity contribution in [2.45, 2.75) is 19.8 Å². The molecule has 1 atom stereocenters. The molecule has 1 aliphatic rings. The van der Waals surface area contributed by atoms with Crippen molar-refractivity contribution in [3.05, 3.63) is 23.9 Å². The van der Waals surface area contributed by atoms with Gasteiger partial charge in [0.05, 0.1) is 6.61 Å². The van der Waals surface area contributed by atoms with Gasteiger partial charge in [-0.15, -0.1) is 0 Å². The van der Waals surface area contributed by atoms with Crippen LogP contribution in [0.25, 0.3) is 0 Å². The second-order valence-electron chi connectivity index (χ2n) is 4.92. The van der Waals surface area contributed by atoms with Crippen LogP contribution in [0.4, 0.5) is 5.82 Å². The quantitative estimate of drug-likeness (QED) is 0.766. The molecule has 18 heavy (non-hydrogen) atoms. The monoisotopic (exact) mass is 248 g/mol. The zero-order valence-electron chi connectivity index (χ0n) is 11.1. The Morgan fingerprint density at radius 3 is 2.94 bits per heavy atom. The molecule has 0 aliphatic carbocycles. The van der Waals surface area contributed by atoms with E-state index in [0.717, 1.165) is 32.0 Å². The van der Waals surface area contributed by atoms with Crippen molar-refractivity contribution in [3.8, 4) is 0 Å². The standard InChI is InChI=1S/C14H20N2O2/c1-11(17)13-5-6-14(15-8-13)16(2)9-12-4-3-7-18-10-12/h5-6,8,12H,3-4,7,9-10H2,1-2H3. The molecule has 4 heteroatoms. The lowest BCUT2D eigenvalue weighted by Gasteiger charge is -2.27. The molecule has 2 rings (SSSR count). The summed E-state index contributed by atoms with van der Waals surface area (Å²) < 4.78 is 5.48. The Kier molecular flexibility index (Phi) is 4.31. The fourth-order valence-corrected chi connectivity index (χ4v) is 2.25. The fraction of sp³-hybridized carbons (Fsp3) is 0.571. The summed E-state index contributed by atoms with van der Waals surface area (Å²) in [5, 5.41) is 0. The first-order chi connectivity index (χ1) is 8.66. The van der Waals surface area contributed by atoms with Gasteiger partial charge in [0.15, 0.2) is 5.78 Å². The highest BCUT2D eigenvalue weighted by atomic mass is 16.5. The van der Waals surface area contributed by atoms with E-state index in [0.29, 0.717) is 11.5 Å². The Hall–Kier alpha value is -1.42. The normalized spacial score (nSPS) is 19.6. The second-order valence-corrected chi connectivity index (χ2v) is 4.92. The van der Waals surface area contributed by atoms with E-state index in [9.17, 15) is 4.79 Å². The van der Waals surface area contributed by atoms with Crippen molar-refractivity contribution in [2.24, 2.45) is 5.92 Å². The van der Waals surface area contributed by atoms with Gasteiger partial charge in [-0.05, 0) is 37.8 Å². The molecule has 1 unspecified atom stereocenters. The summed E-state index contributed by atoms with van der Waals surface area (Å²) in [6.45, 7) is 4.24. The number of aromatic nitrogens is 1. The van der Waals surface area contributed by atoms with Crippen LogP contribution in [-0.2, 0) is 4.74 Å². The minimum absolute atomic E-state index is 0.0531. The van der Waals surface area contributed by atoms with Gasteiger partial charge in [-0.3, -0.25) is 4.79 Å². The maximum Gasteiger partial charge on any atom is 0.161 e. The number of hydrogen-bond acceptors (Lipinski definition) is 4. The van der Waals surface area contributed by atoms with Crippen molar-refractivity contribution in [1.29, 1.82) is 0 Å². The van der Waals surface area contributed by atoms with Gasteiger partial charge in [-0.2, -0.15) is 0 Å². The average molecular weight is 248 g/mol. The molecule has 1 aromatic heterocycles. The topological polar surface area (TPSA) is 42.4 Å². The first kappa shape index (κ1) is 13.0. The maximum absolute atomic E-state index is 11.2. The number of hydrogen-bond donors (Lipinski definition) is 0. The SMILES string of the molecule is CC(=O)c1ccc(N(C)CC2CCCOC2)nc1. The third kappa shape index (κ3) is 3.29. The molecule has 0 saturated carbocycles. The Morgan fingerprint density at radius 1 is 1.56 bits per heavy atom. The summed E-state index contributed by atoms with van der Waals surface area (Å²) in [5.41, 5.74) is 0.660. The van der Waals surface area contributed by atoms with E-state index >= 15 is 0 Å². The lowest BCUT2D eigenvalue weighted by atomic mass is 10.0. The summed E-state index contributed by atoms with van der Waals surface area (Å²) in [6.07, 6.45) is 4.01. The summed E-state index contributed by atoms with van der Waals surface area (Å²) in [5.74, 6) is 1.54. The number of carbonyl (C=O) groups is 1. The first-order valence-electron chi connectivity index (χ1n) is 6.42. The van der Waals surface area contributed by atoms with Crippen LogP contribution in [0.2, 0.25) is 0 Å². The van der Waals surface area contributed by atoms with Crippen molar-refractivity contribution < 1.29 is 9.53 Å². The zero-order chi connectivity index (χ0) is 13.0. The molecule has 1 fully saturated rings. The maximum atomic E-state index is 11.2. The van der Waals surface area contributed by atoms with Crippen LogP contribution in [-0.4, -0.2) is 37.6 Å². The van der Waals surface area contributed by atoms with Crippen LogP contribution in [0.15, 0.2) is 18.3 Å². The number of rotatable bonds is 4. The third-order valence-corrected chi connectivity index (χ3v) is 3.33. The fourth-order valence-electron chi connectivity index (χ4n) is 2.25. The third-order valence-electron chi connectivity index (χ3n) is 3.33. The summed E-state index contributed by atoms with van der Waals surface area (Å²) in [7, 11) is 2.03. The van der Waals surface area contributed by atoms with Gasteiger partial charge in [0.2, 0.25) is 0 Å². The van der Waals surface area contributed by atoms with Crippen molar-refractivity contribution in [1.82, 2.24) is 4.98 Å². The Bertz CT molecular complexity index is 397. The van der Waals surface area contributed by atoms with E-state index in [1.165, 1.54) is 6.42 Å². The smallest absolute Gasteiger partial charge is 0.161 e. The van der Waals surface area contributed by atoms with Crippen molar-refractivity contribution in [3.63, 3.8) is 0 Å². The number of ether oxygens (including phenoxy) is 1. The van der Waals surface area contributed by atoms with Gasteiger partial charge >= 0.3 is 0 Å². The highest BCUT2D eigenvalue weighted by Crippen LogP contribution is 2.17. The number of anilines is 1. The van der Waals surface area contributed by atoms with Gasteiger partial charge in [0.25, 0.3) is 0 Å². The van der Waals surface area contributed by atoms with Gasteiger partial charge in [-0.25, -0.2) is 4.98 Å². The summed E-state index contributed by atoms with van der Waals surface area (Å²) in [4.78, 5) is 17.6. The average Bonchev–Trinajstić information content (AvgIpc) is 2.40. The molecule has 1 saturated heterocycles. The largest absolute Gasteiger partial charge is 0.381 e.